The zero-order valence-electron chi connectivity index (χ0n) is 11.4. The molecule has 1 aliphatic carbocycles. The van der Waals surface area contributed by atoms with Gasteiger partial charge in [0.2, 0.25) is 0 Å². The Kier molecular flexibility index (Phi) is 5.16. The van der Waals surface area contributed by atoms with Crippen molar-refractivity contribution in [3.05, 3.63) is 29.8 Å². The molecule has 0 N–H and O–H groups in total. The van der Waals surface area contributed by atoms with Gasteiger partial charge in [-0.15, -0.1) is 0 Å². The lowest BCUT2D eigenvalue weighted by atomic mass is 9.98. The third-order valence-electron chi connectivity index (χ3n) is 3.58. The van der Waals surface area contributed by atoms with Gasteiger partial charge in [-0.1, -0.05) is 25.3 Å². The maximum absolute atomic E-state index is 12.2. The van der Waals surface area contributed by atoms with E-state index in [2.05, 4.69) is 0 Å². The number of sulfone groups is 1. The molecule has 0 aliphatic heterocycles. The van der Waals surface area contributed by atoms with Crippen molar-refractivity contribution in [3.63, 3.8) is 0 Å². The first-order valence-electron chi connectivity index (χ1n) is 6.96. The summed E-state index contributed by atoms with van der Waals surface area (Å²) in [5.41, 5.74) is 0.360. The number of hydrogen-bond acceptors (Lipinski definition) is 4. The Morgan fingerprint density at radius 3 is 2.70 bits per heavy atom. The second-order valence-electron chi connectivity index (χ2n) is 5.09. The topological polar surface area (TPSA) is 67.2 Å². The molecule has 20 heavy (non-hydrogen) atoms. The monoisotopic (exact) mass is 293 g/mol. The Morgan fingerprint density at radius 2 is 2.00 bits per heavy atom. The molecule has 1 aromatic rings. The fraction of sp³-hybridized carbons (Fsp3) is 0.533. The summed E-state index contributed by atoms with van der Waals surface area (Å²) >= 11 is 0. The lowest BCUT2D eigenvalue weighted by molar-refractivity contribution is 0.0379. The van der Waals surface area contributed by atoms with Gasteiger partial charge in [0.05, 0.1) is 35.0 Å². The van der Waals surface area contributed by atoms with Crippen molar-refractivity contribution in [2.45, 2.75) is 43.1 Å². The molecule has 0 atom stereocenters. The van der Waals surface area contributed by atoms with Gasteiger partial charge in [0.1, 0.15) is 0 Å². The summed E-state index contributed by atoms with van der Waals surface area (Å²) in [6.07, 6.45) is 5.86. The van der Waals surface area contributed by atoms with E-state index in [-0.39, 0.29) is 23.4 Å². The Labute approximate surface area is 120 Å². The minimum atomic E-state index is -3.37. The number of nitrogens with zero attached hydrogens (tertiary/aromatic N) is 1. The molecule has 1 aromatic carbocycles. The van der Waals surface area contributed by atoms with Crippen molar-refractivity contribution >= 4 is 9.84 Å². The van der Waals surface area contributed by atoms with E-state index in [9.17, 15) is 8.42 Å². The molecule has 5 heteroatoms. The van der Waals surface area contributed by atoms with E-state index in [1.807, 2.05) is 6.07 Å². The van der Waals surface area contributed by atoms with Gasteiger partial charge >= 0.3 is 0 Å². The zero-order chi connectivity index (χ0) is 14.4. The van der Waals surface area contributed by atoms with Crippen LogP contribution in [0.25, 0.3) is 0 Å². The third kappa shape index (κ3) is 4.06. The van der Waals surface area contributed by atoms with Gasteiger partial charge in [0.15, 0.2) is 9.84 Å². The molecule has 1 aliphatic rings. The molecule has 0 radical (unpaired) electrons. The Hall–Kier alpha value is -1.38. The third-order valence-corrected chi connectivity index (χ3v) is 5.26. The highest BCUT2D eigenvalue weighted by Crippen LogP contribution is 2.20. The van der Waals surface area contributed by atoms with E-state index in [4.69, 9.17) is 10.00 Å². The van der Waals surface area contributed by atoms with Crippen LogP contribution in [0.4, 0.5) is 0 Å². The molecule has 0 saturated heterocycles. The van der Waals surface area contributed by atoms with Crippen LogP contribution in [0.5, 0.6) is 0 Å². The second kappa shape index (κ2) is 6.87. The molecule has 108 valence electrons. The zero-order valence-corrected chi connectivity index (χ0v) is 12.2. The summed E-state index contributed by atoms with van der Waals surface area (Å²) in [5.74, 6) is -0.0294. The lowest BCUT2D eigenvalue weighted by Gasteiger charge is -2.21. The van der Waals surface area contributed by atoms with Crippen LogP contribution in [0.3, 0.4) is 0 Å². The number of rotatable bonds is 5. The SMILES string of the molecule is N#Cc1cccc(S(=O)(=O)CCOC2CCCCC2)c1. The second-order valence-corrected chi connectivity index (χ2v) is 7.20. The molecule has 0 spiro atoms. The molecule has 4 nitrogen and oxygen atoms in total. The maximum atomic E-state index is 12.2. The summed E-state index contributed by atoms with van der Waals surface area (Å²) < 4.78 is 30.0. The first kappa shape index (κ1) is 15.0. The van der Waals surface area contributed by atoms with Crippen molar-refractivity contribution in [1.82, 2.24) is 0 Å². The first-order chi connectivity index (χ1) is 9.62. The van der Waals surface area contributed by atoms with E-state index in [0.717, 1.165) is 12.8 Å². The molecule has 0 amide bonds. The van der Waals surface area contributed by atoms with Gasteiger partial charge in [-0.2, -0.15) is 5.26 Å². The van der Waals surface area contributed by atoms with Gasteiger partial charge in [0, 0.05) is 0 Å². The number of nitriles is 1. The standard InChI is InChI=1S/C15H19NO3S/c16-12-13-5-4-8-15(11-13)20(17,18)10-9-19-14-6-2-1-3-7-14/h4-5,8,11,14H,1-3,6-7,9-10H2. The predicted molar refractivity (Wildman–Crippen MR) is 76.0 cm³/mol. The van der Waals surface area contributed by atoms with Crippen LogP contribution in [0, 0.1) is 11.3 Å². The maximum Gasteiger partial charge on any atom is 0.180 e. The minimum absolute atomic E-state index is 0.0294. The van der Waals surface area contributed by atoms with Gasteiger partial charge in [-0.3, -0.25) is 0 Å². The molecule has 0 aromatic heterocycles. The highest BCUT2D eigenvalue weighted by molar-refractivity contribution is 7.91. The van der Waals surface area contributed by atoms with E-state index in [0.29, 0.717) is 5.56 Å². The summed E-state index contributed by atoms with van der Waals surface area (Å²) in [7, 11) is -3.37. The molecule has 0 unspecified atom stereocenters. The van der Waals surface area contributed by atoms with E-state index >= 15 is 0 Å². The van der Waals surface area contributed by atoms with Crippen molar-refractivity contribution < 1.29 is 13.2 Å². The normalized spacial score (nSPS) is 16.8. The highest BCUT2D eigenvalue weighted by atomic mass is 32.2. The van der Waals surface area contributed by atoms with Crippen molar-refractivity contribution in [2.24, 2.45) is 0 Å². The van der Waals surface area contributed by atoms with Crippen LogP contribution in [0.15, 0.2) is 29.2 Å². The summed E-state index contributed by atoms with van der Waals surface area (Å²) in [6.45, 7) is 0.226. The van der Waals surface area contributed by atoms with Gasteiger partial charge in [-0.05, 0) is 31.0 Å². The van der Waals surface area contributed by atoms with E-state index in [1.165, 1.54) is 31.4 Å². The lowest BCUT2D eigenvalue weighted by Crippen LogP contribution is -2.21. The molecular formula is C15H19NO3S. The van der Waals surface area contributed by atoms with E-state index in [1.54, 1.807) is 12.1 Å². The molecule has 2 rings (SSSR count). The average molecular weight is 293 g/mol. The molecule has 0 bridgehead atoms. The molecule has 1 fully saturated rings. The summed E-state index contributed by atoms with van der Waals surface area (Å²) in [4.78, 5) is 0.198. The Bertz CT molecular complexity index is 583. The summed E-state index contributed by atoms with van der Waals surface area (Å²) in [6, 6.07) is 8.07. The van der Waals surface area contributed by atoms with Crippen molar-refractivity contribution in [2.75, 3.05) is 12.4 Å². The molecule has 0 heterocycles. The number of hydrogen-bond donors (Lipinski definition) is 0. The first-order valence-corrected chi connectivity index (χ1v) is 8.61. The van der Waals surface area contributed by atoms with Gasteiger partial charge in [-0.25, -0.2) is 8.42 Å². The fourth-order valence-corrected chi connectivity index (χ4v) is 3.58. The Balaban J connectivity index is 1.91. The van der Waals surface area contributed by atoms with Crippen molar-refractivity contribution in [1.29, 1.82) is 5.26 Å². The van der Waals surface area contributed by atoms with Crippen LogP contribution in [-0.2, 0) is 14.6 Å². The fourth-order valence-electron chi connectivity index (χ4n) is 2.43. The van der Waals surface area contributed by atoms with Crippen molar-refractivity contribution in [3.8, 4) is 6.07 Å². The van der Waals surface area contributed by atoms with Crippen LogP contribution in [-0.4, -0.2) is 26.9 Å². The number of ether oxygens (including phenoxy) is 1. The van der Waals surface area contributed by atoms with Crippen LogP contribution in [0.1, 0.15) is 37.7 Å². The average Bonchev–Trinajstić information content (AvgIpc) is 2.48. The van der Waals surface area contributed by atoms with Crippen LogP contribution >= 0.6 is 0 Å². The Morgan fingerprint density at radius 1 is 1.25 bits per heavy atom. The van der Waals surface area contributed by atoms with Gasteiger partial charge in [0.25, 0.3) is 0 Å². The van der Waals surface area contributed by atoms with Crippen LogP contribution in [0.2, 0.25) is 0 Å². The largest absolute Gasteiger partial charge is 0.377 e. The van der Waals surface area contributed by atoms with E-state index < -0.39 is 9.84 Å². The smallest absolute Gasteiger partial charge is 0.180 e. The molecule has 1 saturated carbocycles. The molecular weight excluding hydrogens is 274 g/mol. The summed E-state index contributed by atoms with van der Waals surface area (Å²) in [5, 5.41) is 8.80. The minimum Gasteiger partial charge on any atom is -0.377 e. The van der Waals surface area contributed by atoms with Crippen LogP contribution < -0.4 is 0 Å². The number of benzene rings is 1. The van der Waals surface area contributed by atoms with Gasteiger partial charge < -0.3 is 4.74 Å². The quantitative estimate of drug-likeness (QED) is 0.837. The predicted octanol–water partition coefficient (Wildman–Crippen LogP) is 2.68. The highest BCUT2D eigenvalue weighted by Gasteiger charge is 2.18.